The fourth-order valence-corrected chi connectivity index (χ4v) is 4.60. The summed E-state index contributed by atoms with van der Waals surface area (Å²) in [5.74, 6) is -1.27. The highest BCUT2D eigenvalue weighted by molar-refractivity contribution is 7.17. The SMILES string of the molecule is CCc1[nH]c(C(=O)N[C@@H]2CCN(c3nc(C)c(C(=O)O)s3)C[C@@H]2OCCCF)nc1Cl. The van der Waals surface area contributed by atoms with Crippen molar-refractivity contribution in [2.45, 2.75) is 45.3 Å². The van der Waals surface area contributed by atoms with E-state index in [1.54, 1.807) is 6.92 Å². The first-order valence-electron chi connectivity index (χ1n) is 10.0. The standard InChI is InChI=1S/C19H25ClFN5O4S/c1-3-11-15(20)25-16(23-11)17(27)24-12-5-7-26(9-13(12)30-8-4-6-21)19-22-10(2)14(31-19)18(28)29/h12-13H,3-9H2,1-2H3,(H,23,25)(H,24,27)(H,28,29)/t12-,13+/m1/s1. The molecule has 3 rings (SSSR count). The largest absolute Gasteiger partial charge is 0.477 e. The second-order valence-electron chi connectivity index (χ2n) is 7.19. The lowest BCUT2D eigenvalue weighted by Gasteiger charge is -2.38. The molecule has 1 aliphatic rings. The van der Waals surface area contributed by atoms with E-state index in [1.165, 1.54) is 0 Å². The van der Waals surface area contributed by atoms with E-state index in [4.69, 9.17) is 16.3 Å². The number of aromatic nitrogens is 3. The number of piperidine rings is 1. The lowest BCUT2D eigenvalue weighted by atomic mass is 10.0. The summed E-state index contributed by atoms with van der Waals surface area (Å²) in [6, 6.07) is -0.322. The van der Waals surface area contributed by atoms with Gasteiger partial charge >= 0.3 is 5.97 Å². The number of ether oxygens (including phenoxy) is 1. The average Bonchev–Trinajstić information content (AvgIpc) is 3.31. The average molecular weight is 474 g/mol. The highest BCUT2D eigenvalue weighted by atomic mass is 35.5. The van der Waals surface area contributed by atoms with Gasteiger partial charge in [-0.1, -0.05) is 29.9 Å². The number of nitrogens with one attached hydrogen (secondary N) is 2. The van der Waals surface area contributed by atoms with Gasteiger partial charge in [-0.25, -0.2) is 14.8 Å². The fourth-order valence-electron chi connectivity index (χ4n) is 3.40. The van der Waals surface area contributed by atoms with Crippen LogP contribution in [0.4, 0.5) is 9.52 Å². The van der Waals surface area contributed by atoms with E-state index in [2.05, 4.69) is 20.3 Å². The van der Waals surface area contributed by atoms with E-state index in [0.29, 0.717) is 42.5 Å². The van der Waals surface area contributed by atoms with Crippen molar-refractivity contribution in [2.75, 3.05) is 31.3 Å². The molecule has 0 unspecified atom stereocenters. The smallest absolute Gasteiger partial charge is 0.347 e. The van der Waals surface area contributed by atoms with Gasteiger partial charge in [-0.2, -0.15) is 0 Å². The zero-order valence-electron chi connectivity index (χ0n) is 17.3. The van der Waals surface area contributed by atoms with Crippen LogP contribution in [-0.2, 0) is 11.2 Å². The number of anilines is 1. The van der Waals surface area contributed by atoms with Crippen molar-refractivity contribution in [1.82, 2.24) is 20.3 Å². The van der Waals surface area contributed by atoms with Crippen molar-refractivity contribution < 1.29 is 23.8 Å². The Morgan fingerprint density at radius 3 is 2.84 bits per heavy atom. The number of H-pyrrole nitrogens is 1. The number of aryl methyl sites for hydroxylation is 2. The van der Waals surface area contributed by atoms with E-state index in [1.807, 2.05) is 11.8 Å². The maximum atomic E-state index is 12.7. The van der Waals surface area contributed by atoms with Gasteiger partial charge in [-0.05, 0) is 26.2 Å². The third-order valence-corrected chi connectivity index (χ3v) is 6.55. The molecule has 0 spiro atoms. The van der Waals surface area contributed by atoms with Crippen molar-refractivity contribution in [3.63, 3.8) is 0 Å². The minimum Gasteiger partial charge on any atom is -0.477 e. The highest BCUT2D eigenvalue weighted by Gasteiger charge is 2.33. The molecule has 12 heteroatoms. The van der Waals surface area contributed by atoms with Crippen LogP contribution >= 0.6 is 22.9 Å². The summed E-state index contributed by atoms with van der Waals surface area (Å²) in [6.45, 7) is 4.23. The molecule has 31 heavy (non-hydrogen) atoms. The maximum Gasteiger partial charge on any atom is 0.347 e. The number of hydrogen-bond acceptors (Lipinski definition) is 7. The van der Waals surface area contributed by atoms with E-state index >= 15 is 0 Å². The summed E-state index contributed by atoms with van der Waals surface area (Å²) >= 11 is 7.14. The molecular formula is C19H25ClFN5O4S. The molecule has 0 saturated carbocycles. The summed E-state index contributed by atoms with van der Waals surface area (Å²) in [6.07, 6.45) is 1.00. The predicted molar refractivity (Wildman–Crippen MR) is 115 cm³/mol. The van der Waals surface area contributed by atoms with Gasteiger partial charge in [0, 0.05) is 19.7 Å². The summed E-state index contributed by atoms with van der Waals surface area (Å²) in [5.41, 5.74) is 1.14. The van der Waals surface area contributed by atoms with Crippen molar-refractivity contribution in [3.05, 3.63) is 27.2 Å². The lowest BCUT2D eigenvalue weighted by Crippen LogP contribution is -2.55. The van der Waals surface area contributed by atoms with Gasteiger partial charge in [0.25, 0.3) is 5.91 Å². The fraction of sp³-hybridized carbons (Fsp3) is 0.579. The first kappa shape index (κ1) is 23.4. The molecule has 3 N–H and O–H groups in total. The van der Waals surface area contributed by atoms with Crippen LogP contribution in [0.5, 0.6) is 0 Å². The number of carbonyl (C=O) groups is 2. The van der Waals surface area contributed by atoms with Crippen LogP contribution in [0, 0.1) is 6.92 Å². The second kappa shape index (κ2) is 10.4. The molecule has 1 fully saturated rings. The van der Waals surface area contributed by atoms with Crippen molar-refractivity contribution in [3.8, 4) is 0 Å². The molecule has 1 saturated heterocycles. The Morgan fingerprint density at radius 2 is 2.23 bits per heavy atom. The zero-order chi connectivity index (χ0) is 22.5. The third-order valence-electron chi connectivity index (χ3n) is 5.03. The summed E-state index contributed by atoms with van der Waals surface area (Å²) in [5, 5.41) is 13.1. The molecule has 2 aromatic heterocycles. The van der Waals surface area contributed by atoms with Gasteiger partial charge in [-0.3, -0.25) is 9.18 Å². The normalized spacial score (nSPS) is 18.9. The minimum absolute atomic E-state index is 0.133. The topological polar surface area (TPSA) is 120 Å². The van der Waals surface area contributed by atoms with Crippen LogP contribution in [0.25, 0.3) is 0 Å². The number of aromatic amines is 1. The van der Waals surface area contributed by atoms with E-state index < -0.39 is 24.7 Å². The number of carboxylic acid groups (broad SMARTS) is 1. The summed E-state index contributed by atoms with van der Waals surface area (Å²) < 4.78 is 18.4. The van der Waals surface area contributed by atoms with Crippen molar-refractivity contribution in [1.29, 1.82) is 0 Å². The number of amides is 1. The summed E-state index contributed by atoms with van der Waals surface area (Å²) in [7, 11) is 0. The molecular weight excluding hydrogens is 449 g/mol. The second-order valence-corrected chi connectivity index (χ2v) is 8.53. The van der Waals surface area contributed by atoms with Gasteiger partial charge in [-0.15, -0.1) is 0 Å². The zero-order valence-corrected chi connectivity index (χ0v) is 18.9. The Labute approximate surface area is 188 Å². The van der Waals surface area contributed by atoms with Crippen molar-refractivity contribution in [2.24, 2.45) is 0 Å². The van der Waals surface area contributed by atoms with Gasteiger partial charge in [0.05, 0.1) is 30.2 Å². The van der Waals surface area contributed by atoms with Gasteiger partial charge < -0.3 is 25.0 Å². The predicted octanol–water partition coefficient (Wildman–Crippen LogP) is 2.84. The summed E-state index contributed by atoms with van der Waals surface area (Å²) in [4.78, 5) is 37.5. The van der Waals surface area contributed by atoms with Crippen LogP contribution in [0.2, 0.25) is 5.15 Å². The van der Waals surface area contributed by atoms with Crippen molar-refractivity contribution >= 4 is 39.9 Å². The third kappa shape index (κ3) is 5.52. The van der Waals surface area contributed by atoms with Gasteiger partial charge in [0.2, 0.25) is 0 Å². The van der Waals surface area contributed by atoms with E-state index in [-0.39, 0.29) is 34.9 Å². The molecule has 0 bridgehead atoms. The minimum atomic E-state index is -1.01. The Hall–Kier alpha value is -2.24. The Kier molecular flexibility index (Phi) is 7.84. The molecule has 2 atom stereocenters. The van der Waals surface area contributed by atoms with Crippen LogP contribution in [0.3, 0.4) is 0 Å². The van der Waals surface area contributed by atoms with E-state index in [9.17, 15) is 19.1 Å². The number of halogens is 2. The number of imidazole rings is 1. The number of carbonyl (C=O) groups excluding carboxylic acids is 1. The van der Waals surface area contributed by atoms with Crippen LogP contribution in [-0.4, -0.2) is 70.5 Å². The molecule has 3 heterocycles. The molecule has 9 nitrogen and oxygen atoms in total. The lowest BCUT2D eigenvalue weighted by molar-refractivity contribution is 0.0171. The molecule has 2 aromatic rings. The molecule has 0 radical (unpaired) electrons. The molecule has 1 amide bonds. The Morgan fingerprint density at radius 1 is 1.45 bits per heavy atom. The van der Waals surface area contributed by atoms with Crippen LogP contribution in [0.15, 0.2) is 0 Å². The van der Waals surface area contributed by atoms with E-state index in [0.717, 1.165) is 11.3 Å². The van der Waals surface area contributed by atoms with Crippen LogP contribution in [0.1, 0.15) is 51.4 Å². The monoisotopic (exact) mass is 473 g/mol. The maximum absolute atomic E-state index is 12.7. The number of hydrogen-bond donors (Lipinski definition) is 3. The highest BCUT2D eigenvalue weighted by Crippen LogP contribution is 2.29. The molecule has 1 aliphatic heterocycles. The van der Waals surface area contributed by atoms with Gasteiger partial charge in [0.1, 0.15) is 4.88 Å². The number of alkyl halides is 1. The first-order valence-corrected chi connectivity index (χ1v) is 11.2. The first-order chi connectivity index (χ1) is 14.8. The molecule has 0 aromatic carbocycles. The Balaban J connectivity index is 1.72. The quantitative estimate of drug-likeness (QED) is 0.479. The number of aromatic carboxylic acids is 1. The van der Waals surface area contributed by atoms with Gasteiger partial charge in [0.15, 0.2) is 16.1 Å². The number of nitrogens with zero attached hydrogens (tertiary/aromatic N) is 3. The number of carboxylic acids is 1. The number of thiazole rings is 1. The molecule has 170 valence electrons. The Bertz CT molecular complexity index is 937. The molecule has 0 aliphatic carbocycles. The van der Waals surface area contributed by atoms with Crippen LogP contribution < -0.4 is 10.2 Å². The number of rotatable bonds is 9.